The Hall–Kier alpha value is -1.00. The van der Waals surface area contributed by atoms with Gasteiger partial charge in [-0.2, -0.15) is 0 Å². The molecular weight excluding hydrogens is 268 g/mol. The van der Waals surface area contributed by atoms with Crippen molar-refractivity contribution in [1.82, 2.24) is 10.2 Å². The molecule has 1 N–H and O–H groups in total. The number of rotatable bonds is 7. The molecular formula is C16H26N2OS. The lowest BCUT2D eigenvalue weighted by Gasteiger charge is -2.18. The molecule has 1 rings (SSSR count). The minimum atomic E-state index is -0.0563. The fourth-order valence-electron chi connectivity index (χ4n) is 1.95. The van der Waals surface area contributed by atoms with Gasteiger partial charge in [0.2, 0.25) is 5.91 Å². The summed E-state index contributed by atoms with van der Waals surface area (Å²) in [6, 6.07) is 8.79. The lowest BCUT2D eigenvalue weighted by molar-refractivity contribution is -0.127. The Morgan fingerprint density at radius 2 is 2.05 bits per heavy atom. The number of hydrogen-bond donors (Lipinski definition) is 1. The zero-order valence-electron chi connectivity index (χ0n) is 13.1. The third-order valence-corrected chi connectivity index (χ3v) is 4.24. The van der Waals surface area contributed by atoms with Crippen molar-refractivity contribution < 1.29 is 4.79 Å². The first-order valence-electron chi connectivity index (χ1n) is 7.16. The second-order valence-corrected chi connectivity index (χ2v) is 6.66. The number of hydrogen-bond acceptors (Lipinski definition) is 3. The molecule has 0 saturated heterocycles. The molecule has 0 bridgehead atoms. The van der Waals surface area contributed by atoms with Crippen molar-refractivity contribution in [3.8, 4) is 0 Å². The molecule has 0 saturated carbocycles. The summed E-state index contributed by atoms with van der Waals surface area (Å²) in [4.78, 5) is 14.7. The predicted octanol–water partition coefficient (Wildman–Crippen LogP) is 3.32. The number of nitrogens with zero attached hydrogens (tertiary/aromatic N) is 1. The van der Waals surface area contributed by atoms with Crippen LogP contribution in [0.1, 0.15) is 38.8 Å². The monoisotopic (exact) mass is 294 g/mol. The first kappa shape index (κ1) is 17.1. The maximum absolute atomic E-state index is 11.9. The van der Waals surface area contributed by atoms with Crippen LogP contribution >= 0.6 is 11.8 Å². The summed E-state index contributed by atoms with van der Waals surface area (Å²) in [6.07, 6.45) is 1.13. The van der Waals surface area contributed by atoms with Crippen LogP contribution in [0, 0.1) is 0 Å². The summed E-state index contributed by atoms with van der Waals surface area (Å²) < 4.78 is 0. The van der Waals surface area contributed by atoms with Crippen molar-refractivity contribution in [3.63, 3.8) is 0 Å². The van der Waals surface area contributed by atoms with Crippen LogP contribution < -0.4 is 5.32 Å². The highest BCUT2D eigenvalue weighted by Crippen LogP contribution is 2.26. The van der Waals surface area contributed by atoms with E-state index in [-0.39, 0.29) is 11.2 Å². The van der Waals surface area contributed by atoms with Crippen molar-refractivity contribution in [2.75, 3.05) is 20.6 Å². The molecule has 2 unspecified atom stereocenters. The maximum Gasteiger partial charge on any atom is 0.235 e. The molecule has 4 heteroatoms. The van der Waals surface area contributed by atoms with Gasteiger partial charge in [-0.05, 0) is 44.5 Å². The van der Waals surface area contributed by atoms with Crippen molar-refractivity contribution in [2.45, 2.75) is 43.4 Å². The van der Waals surface area contributed by atoms with Gasteiger partial charge in [-0.25, -0.2) is 0 Å². The minimum Gasteiger partial charge on any atom is -0.348 e. The molecule has 0 radical (unpaired) electrons. The summed E-state index contributed by atoms with van der Waals surface area (Å²) in [7, 11) is 3.60. The van der Waals surface area contributed by atoms with Crippen molar-refractivity contribution >= 4 is 17.7 Å². The Morgan fingerprint density at radius 3 is 2.65 bits per heavy atom. The van der Waals surface area contributed by atoms with Gasteiger partial charge >= 0.3 is 0 Å². The van der Waals surface area contributed by atoms with Gasteiger partial charge in [-0.3, -0.25) is 4.79 Å². The number of nitrogens with one attached hydrogen (secondary N) is 1. The van der Waals surface area contributed by atoms with E-state index in [9.17, 15) is 4.79 Å². The van der Waals surface area contributed by atoms with E-state index in [0.29, 0.717) is 6.04 Å². The van der Waals surface area contributed by atoms with Gasteiger partial charge < -0.3 is 10.2 Å². The average Bonchev–Trinajstić information content (AvgIpc) is 2.43. The van der Waals surface area contributed by atoms with E-state index in [1.54, 1.807) is 30.8 Å². The maximum atomic E-state index is 11.9. The zero-order chi connectivity index (χ0) is 15.1. The molecule has 0 spiro atoms. The van der Waals surface area contributed by atoms with E-state index >= 15 is 0 Å². The van der Waals surface area contributed by atoms with Crippen LogP contribution in [-0.4, -0.2) is 36.7 Å². The van der Waals surface area contributed by atoms with Crippen molar-refractivity contribution in [2.24, 2.45) is 0 Å². The SMILES string of the molecule is CCCNC(C)c1cccc(SC(C)C(=O)N(C)C)c1. The molecule has 1 aromatic carbocycles. The van der Waals surface area contributed by atoms with E-state index in [1.807, 2.05) is 6.92 Å². The van der Waals surface area contributed by atoms with Crippen LogP contribution in [0.2, 0.25) is 0 Å². The molecule has 0 aliphatic heterocycles. The summed E-state index contributed by atoms with van der Waals surface area (Å²) >= 11 is 1.62. The standard InChI is InChI=1S/C16H26N2OS/c1-6-10-17-12(2)14-8-7-9-15(11-14)20-13(3)16(19)18(4)5/h7-9,11-13,17H,6,10H2,1-5H3. The van der Waals surface area contributed by atoms with E-state index in [1.165, 1.54) is 5.56 Å². The van der Waals surface area contributed by atoms with Crippen molar-refractivity contribution in [1.29, 1.82) is 0 Å². The predicted molar refractivity (Wildman–Crippen MR) is 87.2 cm³/mol. The molecule has 0 fully saturated rings. The smallest absolute Gasteiger partial charge is 0.235 e. The molecule has 1 amide bonds. The molecule has 3 nitrogen and oxygen atoms in total. The van der Waals surface area contributed by atoms with Crippen LogP contribution in [-0.2, 0) is 4.79 Å². The number of carbonyl (C=O) groups is 1. The van der Waals surface area contributed by atoms with E-state index in [2.05, 4.69) is 43.4 Å². The van der Waals surface area contributed by atoms with Gasteiger partial charge in [-0.1, -0.05) is 19.1 Å². The summed E-state index contributed by atoms with van der Waals surface area (Å²) in [5.74, 6) is 0.151. The Balaban J connectivity index is 2.70. The largest absolute Gasteiger partial charge is 0.348 e. The van der Waals surface area contributed by atoms with E-state index in [0.717, 1.165) is 17.9 Å². The van der Waals surface area contributed by atoms with Gasteiger partial charge in [0, 0.05) is 25.0 Å². The summed E-state index contributed by atoms with van der Waals surface area (Å²) in [5, 5.41) is 3.43. The zero-order valence-corrected chi connectivity index (χ0v) is 14.0. The number of carbonyl (C=O) groups excluding carboxylic acids is 1. The lowest BCUT2D eigenvalue weighted by Crippen LogP contribution is -2.29. The van der Waals surface area contributed by atoms with Crippen LogP contribution in [0.4, 0.5) is 0 Å². The number of amides is 1. The van der Waals surface area contributed by atoms with Gasteiger partial charge in [0.15, 0.2) is 0 Å². The molecule has 112 valence electrons. The normalized spacial score (nSPS) is 13.8. The van der Waals surface area contributed by atoms with Crippen molar-refractivity contribution in [3.05, 3.63) is 29.8 Å². The first-order chi connectivity index (χ1) is 9.45. The fourth-order valence-corrected chi connectivity index (χ4v) is 3.04. The Morgan fingerprint density at radius 1 is 1.35 bits per heavy atom. The topological polar surface area (TPSA) is 32.3 Å². The molecule has 0 aliphatic carbocycles. The molecule has 2 atom stereocenters. The second kappa shape index (κ2) is 8.32. The Bertz CT molecular complexity index is 434. The summed E-state index contributed by atoms with van der Waals surface area (Å²) in [5.41, 5.74) is 1.27. The van der Waals surface area contributed by atoms with E-state index in [4.69, 9.17) is 0 Å². The highest BCUT2D eigenvalue weighted by atomic mass is 32.2. The molecule has 20 heavy (non-hydrogen) atoms. The quantitative estimate of drug-likeness (QED) is 0.783. The first-order valence-corrected chi connectivity index (χ1v) is 8.04. The van der Waals surface area contributed by atoms with Gasteiger partial charge in [0.1, 0.15) is 0 Å². The number of thioether (sulfide) groups is 1. The lowest BCUT2D eigenvalue weighted by atomic mass is 10.1. The Labute approximate surface area is 127 Å². The summed E-state index contributed by atoms with van der Waals surface area (Å²) in [6.45, 7) is 7.32. The van der Waals surface area contributed by atoms with Crippen LogP contribution in [0.25, 0.3) is 0 Å². The van der Waals surface area contributed by atoms with Crippen LogP contribution in [0.15, 0.2) is 29.2 Å². The molecule has 1 aromatic rings. The third-order valence-electron chi connectivity index (χ3n) is 3.16. The third kappa shape index (κ3) is 5.17. The molecule has 0 heterocycles. The highest BCUT2D eigenvalue weighted by Gasteiger charge is 2.16. The highest BCUT2D eigenvalue weighted by molar-refractivity contribution is 8.00. The molecule has 0 aromatic heterocycles. The average molecular weight is 294 g/mol. The van der Waals surface area contributed by atoms with Gasteiger partial charge in [0.05, 0.1) is 5.25 Å². The van der Waals surface area contributed by atoms with Crippen LogP contribution in [0.3, 0.4) is 0 Å². The number of benzene rings is 1. The Kier molecular flexibility index (Phi) is 7.10. The minimum absolute atomic E-state index is 0.0563. The van der Waals surface area contributed by atoms with Gasteiger partial charge in [0.25, 0.3) is 0 Å². The second-order valence-electron chi connectivity index (χ2n) is 5.24. The van der Waals surface area contributed by atoms with Crippen LogP contribution in [0.5, 0.6) is 0 Å². The van der Waals surface area contributed by atoms with Gasteiger partial charge in [-0.15, -0.1) is 11.8 Å². The van der Waals surface area contributed by atoms with E-state index < -0.39 is 0 Å². The molecule has 0 aliphatic rings. The fraction of sp³-hybridized carbons (Fsp3) is 0.562.